The van der Waals surface area contributed by atoms with E-state index in [0.29, 0.717) is 6.42 Å². The molecule has 1 aromatic carbocycles. The summed E-state index contributed by atoms with van der Waals surface area (Å²) < 4.78 is 49.3. The minimum absolute atomic E-state index is 0.0492. The lowest BCUT2D eigenvalue weighted by Crippen LogP contribution is -2.39. The van der Waals surface area contributed by atoms with Crippen LogP contribution in [0.4, 0.5) is 18.9 Å². The third-order valence-electron chi connectivity index (χ3n) is 5.65. The van der Waals surface area contributed by atoms with Crippen LogP contribution in [-0.2, 0) is 30.0 Å². The number of rotatable bonds is 4. The highest BCUT2D eigenvalue weighted by atomic mass is 79.9. The maximum absolute atomic E-state index is 13.0. The first-order valence-electron chi connectivity index (χ1n) is 8.65. The van der Waals surface area contributed by atoms with Gasteiger partial charge in [0, 0.05) is 5.92 Å². The van der Waals surface area contributed by atoms with E-state index in [1.54, 1.807) is 0 Å². The number of ether oxygens (including phenoxy) is 2. The van der Waals surface area contributed by atoms with Crippen molar-refractivity contribution in [3.63, 3.8) is 0 Å². The summed E-state index contributed by atoms with van der Waals surface area (Å²) in [6, 6.07) is 4.51. The number of anilines is 1. The summed E-state index contributed by atoms with van der Waals surface area (Å²) in [5, 5.41) is 2.11. The second kappa shape index (κ2) is 6.75. The summed E-state index contributed by atoms with van der Waals surface area (Å²) in [5.41, 5.74) is -1.41. The Bertz CT molecular complexity index is 845. The van der Waals surface area contributed by atoms with Gasteiger partial charge in [-0.2, -0.15) is 13.2 Å². The van der Waals surface area contributed by atoms with Crippen molar-refractivity contribution in [1.29, 1.82) is 0 Å². The van der Waals surface area contributed by atoms with Gasteiger partial charge in [-0.3, -0.25) is 14.4 Å². The highest BCUT2D eigenvalue weighted by Crippen LogP contribution is 2.60. The molecule has 150 valence electrons. The summed E-state index contributed by atoms with van der Waals surface area (Å²) in [5.74, 6) is -3.51. The molecule has 28 heavy (non-hydrogen) atoms. The van der Waals surface area contributed by atoms with Gasteiger partial charge in [0.2, 0.25) is 0 Å². The normalized spacial score (nSPS) is 32.9. The van der Waals surface area contributed by atoms with Crippen LogP contribution in [-0.4, -0.2) is 35.4 Å². The van der Waals surface area contributed by atoms with Gasteiger partial charge >= 0.3 is 18.1 Å². The first-order chi connectivity index (χ1) is 13.2. The predicted molar refractivity (Wildman–Crippen MR) is 92.2 cm³/mol. The molecule has 1 N–H and O–H groups in total. The summed E-state index contributed by atoms with van der Waals surface area (Å²) in [7, 11) is 0. The zero-order valence-corrected chi connectivity index (χ0v) is 15.8. The molecule has 1 saturated heterocycles. The number of hydrogen-bond donors (Lipinski definition) is 1. The molecule has 6 nitrogen and oxygen atoms in total. The van der Waals surface area contributed by atoms with E-state index >= 15 is 0 Å². The van der Waals surface area contributed by atoms with E-state index in [2.05, 4.69) is 21.2 Å². The van der Waals surface area contributed by atoms with Crippen molar-refractivity contribution in [1.82, 2.24) is 0 Å². The Morgan fingerprint density at radius 3 is 2.68 bits per heavy atom. The highest BCUT2D eigenvalue weighted by Gasteiger charge is 2.68. The molecule has 3 aliphatic rings. The molecule has 6 atom stereocenters. The Kier molecular flexibility index (Phi) is 4.64. The molecular weight excluding hydrogens is 447 g/mol. The van der Waals surface area contributed by atoms with Crippen LogP contribution in [0.3, 0.4) is 0 Å². The standard InChI is InChI=1S/C18H15BrF3NO5/c19-14-7-5-8-13(17(26)28-15(8)14)12(7)16(25)27-6-11(24)23-10-4-2-1-3-9(10)18(20,21)22/h1-4,7-8,12-15H,5-6H2,(H,23,24)/t7-,8-,12-,13+,14+,15+/m1/s1. The molecular formula is C18H15BrF3NO5. The van der Waals surface area contributed by atoms with Crippen molar-refractivity contribution < 1.29 is 37.0 Å². The Labute approximate surface area is 165 Å². The van der Waals surface area contributed by atoms with E-state index in [4.69, 9.17) is 9.47 Å². The summed E-state index contributed by atoms with van der Waals surface area (Å²) >= 11 is 3.46. The van der Waals surface area contributed by atoms with Crippen LogP contribution in [0.15, 0.2) is 24.3 Å². The maximum atomic E-state index is 13.0. The van der Waals surface area contributed by atoms with Gasteiger partial charge in [-0.25, -0.2) is 0 Å². The molecule has 1 heterocycles. The number of hydrogen-bond acceptors (Lipinski definition) is 5. The van der Waals surface area contributed by atoms with Crippen LogP contribution < -0.4 is 5.32 Å². The van der Waals surface area contributed by atoms with E-state index in [0.717, 1.165) is 12.1 Å². The molecule has 2 aliphatic carbocycles. The third kappa shape index (κ3) is 3.07. The number of amides is 1. The monoisotopic (exact) mass is 461 g/mol. The largest absolute Gasteiger partial charge is 0.461 e. The van der Waals surface area contributed by atoms with E-state index in [1.807, 2.05) is 0 Å². The molecule has 0 radical (unpaired) electrons. The molecule has 4 rings (SSSR count). The van der Waals surface area contributed by atoms with Crippen molar-refractivity contribution >= 4 is 39.5 Å². The zero-order chi connectivity index (χ0) is 20.2. The topological polar surface area (TPSA) is 81.7 Å². The molecule has 1 aromatic rings. The molecule has 1 aliphatic heterocycles. The van der Waals surface area contributed by atoms with Crippen LogP contribution in [0.5, 0.6) is 0 Å². The zero-order valence-electron chi connectivity index (χ0n) is 14.2. The molecule has 2 bridgehead atoms. The van der Waals surface area contributed by atoms with Crippen LogP contribution in [0, 0.1) is 23.7 Å². The predicted octanol–water partition coefficient (Wildman–Crippen LogP) is 2.76. The summed E-state index contributed by atoms with van der Waals surface area (Å²) in [4.78, 5) is 36.4. The number of halogens is 4. The minimum atomic E-state index is -4.63. The molecule has 10 heteroatoms. The van der Waals surface area contributed by atoms with Crippen molar-refractivity contribution in [3.8, 4) is 0 Å². The second-order valence-electron chi connectivity index (χ2n) is 7.16. The summed E-state index contributed by atoms with van der Waals surface area (Å²) in [6.45, 7) is -0.739. The number of carbonyl (C=O) groups excluding carboxylic acids is 3. The highest BCUT2D eigenvalue weighted by molar-refractivity contribution is 9.09. The van der Waals surface area contributed by atoms with Crippen molar-refractivity contribution in [2.24, 2.45) is 23.7 Å². The Hall–Kier alpha value is -2.10. The van der Waals surface area contributed by atoms with Crippen molar-refractivity contribution in [2.45, 2.75) is 23.5 Å². The fraction of sp³-hybridized carbons (Fsp3) is 0.500. The SMILES string of the molecule is O=C(COC(=O)[C@@H]1[C@H]2C[C@H]3[C@H](OC(=O)[C@@H]31)[C@H]2Br)Nc1ccccc1C(F)(F)F. The Morgan fingerprint density at radius 2 is 1.96 bits per heavy atom. The Balaban J connectivity index is 1.39. The van der Waals surface area contributed by atoms with Crippen LogP contribution in [0.25, 0.3) is 0 Å². The smallest absolute Gasteiger partial charge is 0.418 e. The van der Waals surface area contributed by atoms with Gasteiger partial charge in [0.1, 0.15) is 6.10 Å². The van der Waals surface area contributed by atoms with Crippen LogP contribution >= 0.6 is 15.9 Å². The number of fused-ring (bicyclic) bond motifs is 1. The van der Waals surface area contributed by atoms with Crippen LogP contribution in [0.2, 0.25) is 0 Å². The van der Waals surface area contributed by atoms with E-state index in [1.165, 1.54) is 12.1 Å². The number of alkyl halides is 4. The molecule has 1 amide bonds. The fourth-order valence-corrected chi connectivity index (χ4v) is 5.60. The molecule has 0 spiro atoms. The van der Waals surface area contributed by atoms with E-state index < -0.39 is 53.7 Å². The lowest BCUT2D eigenvalue weighted by atomic mass is 9.80. The third-order valence-corrected chi connectivity index (χ3v) is 6.85. The summed E-state index contributed by atoms with van der Waals surface area (Å²) in [6.07, 6.45) is -4.22. The Morgan fingerprint density at radius 1 is 1.25 bits per heavy atom. The number of para-hydroxylation sites is 1. The van der Waals surface area contributed by atoms with Gasteiger partial charge in [0.05, 0.1) is 27.9 Å². The van der Waals surface area contributed by atoms with Gasteiger partial charge in [-0.15, -0.1) is 0 Å². The molecule has 2 saturated carbocycles. The van der Waals surface area contributed by atoms with Crippen molar-refractivity contribution in [3.05, 3.63) is 29.8 Å². The number of nitrogens with one attached hydrogen (secondary N) is 1. The number of benzene rings is 1. The first kappa shape index (κ1) is 19.2. The fourth-order valence-electron chi connectivity index (χ4n) is 4.55. The van der Waals surface area contributed by atoms with Gasteiger partial charge in [-0.1, -0.05) is 28.1 Å². The van der Waals surface area contributed by atoms with E-state index in [9.17, 15) is 27.6 Å². The second-order valence-corrected chi connectivity index (χ2v) is 8.22. The number of carbonyl (C=O) groups is 3. The van der Waals surface area contributed by atoms with Gasteiger partial charge in [0.15, 0.2) is 6.61 Å². The minimum Gasteiger partial charge on any atom is -0.461 e. The molecule has 0 unspecified atom stereocenters. The average molecular weight is 462 g/mol. The van der Waals surface area contributed by atoms with Crippen LogP contribution in [0.1, 0.15) is 12.0 Å². The molecule has 3 fully saturated rings. The van der Waals surface area contributed by atoms with Gasteiger partial charge in [-0.05, 0) is 24.5 Å². The average Bonchev–Trinajstić information content (AvgIpc) is 3.23. The quantitative estimate of drug-likeness (QED) is 0.550. The van der Waals surface area contributed by atoms with Gasteiger partial charge in [0.25, 0.3) is 5.91 Å². The number of esters is 2. The lowest BCUT2D eigenvalue weighted by Gasteiger charge is -2.26. The van der Waals surface area contributed by atoms with E-state index in [-0.39, 0.29) is 22.8 Å². The van der Waals surface area contributed by atoms with Crippen molar-refractivity contribution in [2.75, 3.05) is 11.9 Å². The molecule has 0 aromatic heterocycles. The van der Waals surface area contributed by atoms with Gasteiger partial charge < -0.3 is 14.8 Å². The lowest BCUT2D eigenvalue weighted by molar-refractivity contribution is -0.157. The first-order valence-corrected chi connectivity index (χ1v) is 9.57. The maximum Gasteiger partial charge on any atom is 0.418 e.